The van der Waals surface area contributed by atoms with Crippen LogP contribution in [0.15, 0.2) is 48.5 Å². The number of amides is 2. The number of nitrogens with zero attached hydrogens (tertiary/aromatic N) is 1. The quantitative estimate of drug-likeness (QED) is 0.724. The monoisotopic (exact) mass is 401 g/mol. The maximum atomic E-state index is 13.2. The molecule has 2 amide bonds. The van der Waals surface area contributed by atoms with E-state index in [4.69, 9.17) is 9.47 Å². The summed E-state index contributed by atoms with van der Waals surface area (Å²) in [7, 11) is 1.60. The van der Waals surface area contributed by atoms with Gasteiger partial charge in [-0.15, -0.1) is 0 Å². The van der Waals surface area contributed by atoms with Crippen molar-refractivity contribution in [1.29, 1.82) is 0 Å². The van der Waals surface area contributed by atoms with Crippen LogP contribution in [0.4, 0.5) is 10.1 Å². The minimum absolute atomic E-state index is 0.115. The number of morpholine rings is 1. The first kappa shape index (κ1) is 20.8. The van der Waals surface area contributed by atoms with Gasteiger partial charge in [0.15, 0.2) is 0 Å². The molecule has 0 spiro atoms. The topological polar surface area (TPSA) is 79.9 Å². The second-order valence-electron chi connectivity index (χ2n) is 6.61. The van der Waals surface area contributed by atoms with Crippen LogP contribution in [0.5, 0.6) is 5.75 Å². The van der Waals surface area contributed by atoms with Gasteiger partial charge in [-0.25, -0.2) is 4.39 Å². The molecule has 3 rings (SSSR count). The number of methoxy groups -OCH3 is 1. The Bertz CT molecular complexity index is 838. The SMILES string of the molecule is COc1ccc([C@@H](CNC(=O)C(=O)Nc2cccc(F)c2)N2CCOCC2)cc1. The first-order chi connectivity index (χ1) is 14.1. The van der Waals surface area contributed by atoms with Crippen molar-refractivity contribution in [2.24, 2.45) is 0 Å². The number of ether oxygens (including phenoxy) is 2. The molecule has 0 saturated carbocycles. The van der Waals surface area contributed by atoms with Crippen LogP contribution in [0.25, 0.3) is 0 Å². The van der Waals surface area contributed by atoms with Crippen molar-refractivity contribution in [2.45, 2.75) is 6.04 Å². The Morgan fingerprint density at radius 1 is 1.14 bits per heavy atom. The molecule has 1 heterocycles. The van der Waals surface area contributed by atoms with Crippen molar-refractivity contribution >= 4 is 17.5 Å². The van der Waals surface area contributed by atoms with E-state index in [1.54, 1.807) is 7.11 Å². The van der Waals surface area contributed by atoms with Crippen LogP contribution in [-0.4, -0.2) is 56.7 Å². The third kappa shape index (κ3) is 5.75. The van der Waals surface area contributed by atoms with Gasteiger partial charge in [0, 0.05) is 25.3 Å². The van der Waals surface area contributed by atoms with Crippen LogP contribution in [0.1, 0.15) is 11.6 Å². The van der Waals surface area contributed by atoms with Gasteiger partial charge in [0.25, 0.3) is 0 Å². The molecule has 1 aliphatic rings. The van der Waals surface area contributed by atoms with E-state index in [1.165, 1.54) is 18.2 Å². The molecule has 1 saturated heterocycles. The van der Waals surface area contributed by atoms with E-state index in [-0.39, 0.29) is 18.3 Å². The standard InChI is InChI=1S/C21H24FN3O4/c1-28-18-7-5-15(6-8-18)19(25-9-11-29-12-10-25)14-23-20(26)21(27)24-17-4-2-3-16(22)13-17/h2-8,13,19H,9-12,14H2,1H3,(H,23,26)(H,24,27)/t19-/m1/s1. The van der Waals surface area contributed by atoms with Crippen LogP contribution in [0, 0.1) is 5.82 Å². The number of halogens is 1. The van der Waals surface area contributed by atoms with Gasteiger partial charge in [-0.2, -0.15) is 0 Å². The first-order valence-corrected chi connectivity index (χ1v) is 9.37. The normalized spacial score (nSPS) is 15.4. The maximum absolute atomic E-state index is 13.2. The Hall–Kier alpha value is -2.97. The number of anilines is 1. The lowest BCUT2D eigenvalue weighted by atomic mass is 10.0. The molecule has 7 nitrogen and oxygen atoms in total. The Morgan fingerprint density at radius 2 is 1.86 bits per heavy atom. The van der Waals surface area contributed by atoms with Crippen molar-refractivity contribution in [3.8, 4) is 5.75 Å². The zero-order chi connectivity index (χ0) is 20.6. The molecule has 2 aromatic rings. The molecule has 1 aliphatic heterocycles. The van der Waals surface area contributed by atoms with Crippen LogP contribution < -0.4 is 15.4 Å². The molecule has 0 unspecified atom stereocenters. The molecule has 0 radical (unpaired) electrons. The molecule has 8 heteroatoms. The summed E-state index contributed by atoms with van der Waals surface area (Å²) in [6.07, 6.45) is 0. The van der Waals surface area contributed by atoms with E-state index in [0.29, 0.717) is 13.2 Å². The largest absolute Gasteiger partial charge is 0.497 e. The molecule has 2 aromatic carbocycles. The third-order valence-corrected chi connectivity index (χ3v) is 4.73. The van der Waals surface area contributed by atoms with Crippen LogP contribution >= 0.6 is 0 Å². The Balaban J connectivity index is 1.65. The van der Waals surface area contributed by atoms with E-state index in [2.05, 4.69) is 15.5 Å². The summed E-state index contributed by atoms with van der Waals surface area (Å²) in [6.45, 7) is 2.92. The Morgan fingerprint density at radius 3 is 2.52 bits per heavy atom. The molecule has 2 N–H and O–H groups in total. The van der Waals surface area contributed by atoms with Gasteiger partial charge < -0.3 is 20.1 Å². The molecule has 0 bridgehead atoms. The van der Waals surface area contributed by atoms with Crippen molar-refractivity contribution in [3.05, 3.63) is 59.9 Å². The summed E-state index contributed by atoms with van der Waals surface area (Å²) in [4.78, 5) is 26.6. The first-order valence-electron chi connectivity index (χ1n) is 9.37. The van der Waals surface area contributed by atoms with Crippen molar-refractivity contribution in [3.63, 3.8) is 0 Å². The minimum atomic E-state index is -0.842. The highest BCUT2D eigenvalue weighted by molar-refractivity contribution is 6.39. The smallest absolute Gasteiger partial charge is 0.313 e. The number of hydrogen-bond donors (Lipinski definition) is 2. The van der Waals surface area contributed by atoms with E-state index < -0.39 is 17.6 Å². The highest BCUT2D eigenvalue weighted by Crippen LogP contribution is 2.23. The van der Waals surface area contributed by atoms with Crippen molar-refractivity contribution in [2.75, 3.05) is 45.3 Å². The van der Waals surface area contributed by atoms with Crippen molar-refractivity contribution < 1.29 is 23.5 Å². The highest BCUT2D eigenvalue weighted by Gasteiger charge is 2.24. The van der Waals surface area contributed by atoms with E-state index in [0.717, 1.165) is 30.5 Å². The molecule has 0 aliphatic carbocycles. The number of hydrogen-bond acceptors (Lipinski definition) is 5. The van der Waals surface area contributed by atoms with E-state index in [9.17, 15) is 14.0 Å². The van der Waals surface area contributed by atoms with E-state index in [1.807, 2.05) is 24.3 Å². The average Bonchev–Trinajstić information content (AvgIpc) is 2.75. The van der Waals surface area contributed by atoms with Gasteiger partial charge in [0.05, 0.1) is 26.4 Å². The van der Waals surface area contributed by atoms with Crippen LogP contribution in [0.2, 0.25) is 0 Å². The molecular weight excluding hydrogens is 377 g/mol. The Labute approximate surface area is 168 Å². The molecular formula is C21H24FN3O4. The van der Waals surface area contributed by atoms with Gasteiger partial charge in [-0.3, -0.25) is 14.5 Å². The molecule has 29 heavy (non-hydrogen) atoms. The molecule has 1 atom stereocenters. The van der Waals surface area contributed by atoms with Crippen molar-refractivity contribution in [1.82, 2.24) is 10.2 Å². The zero-order valence-corrected chi connectivity index (χ0v) is 16.2. The summed E-state index contributed by atoms with van der Waals surface area (Å²) in [5, 5.41) is 5.08. The molecule has 154 valence electrons. The average molecular weight is 401 g/mol. The minimum Gasteiger partial charge on any atom is -0.497 e. The second-order valence-corrected chi connectivity index (χ2v) is 6.61. The molecule has 1 fully saturated rings. The fourth-order valence-electron chi connectivity index (χ4n) is 3.20. The lowest BCUT2D eigenvalue weighted by Crippen LogP contribution is -2.45. The number of nitrogens with one attached hydrogen (secondary N) is 2. The van der Waals surface area contributed by atoms with Gasteiger partial charge in [-0.05, 0) is 35.9 Å². The van der Waals surface area contributed by atoms with Gasteiger partial charge >= 0.3 is 11.8 Å². The second kappa shape index (κ2) is 9.99. The predicted octanol–water partition coefficient (Wildman–Crippen LogP) is 1.96. The fraction of sp³-hybridized carbons (Fsp3) is 0.333. The van der Waals surface area contributed by atoms with Gasteiger partial charge in [-0.1, -0.05) is 18.2 Å². The van der Waals surface area contributed by atoms with Crippen LogP contribution in [-0.2, 0) is 14.3 Å². The van der Waals surface area contributed by atoms with E-state index >= 15 is 0 Å². The number of carbonyl (C=O) groups is 2. The maximum Gasteiger partial charge on any atom is 0.313 e. The van der Waals surface area contributed by atoms with Gasteiger partial charge in [0.2, 0.25) is 0 Å². The number of carbonyl (C=O) groups excluding carboxylic acids is 2. The summed E-state index contributed by atoms with van der Waals surface area (Å²) >= 11 is 0. The summed E-state index contributed by atoms with van der Waals surface area (Å²) < 4.78 is 23.9. The summed E-state index contributed by atoms with van der Waals surface area (Å²) in [5.41, 5.74) is 1.23. The fourth-order valence-corrected chi connectivity index (χ4v) is 3.20. The lowest BCUT2D eigenvalue weighted by molar-refractivity contribution is -0.136. The van der Waals surface area contributed by atoms with Gasteiger partial charge in [0.1, 0.15) is 11.6 Å². The zero-order valence-electron chi connectivity index (χ0n) is 16.2. The summed E-state index contributed by atoms with van der Waals surface area (Å²) in [5.74, 6) is -1.37. The highest BCUT2D eigenvalue weighted by atomic mass is 19.1. The summed E-state index contributed by atoms with van der Waals surface area (Å²) in [6, 6.07) is 12.9. The predicted molar refractivity (Wildman–Crippen MR) is 106 cm³/mol. The lowest BCUT2D eigenvalue weighted by Gasteiger charge is -2.34. The number of benzene rings is 2. The Kier molecular flexibility index (Phi) is 7.15. The molecule has 0 aromatic heterocycles. The third-order valence-electron chi connectivity index (χ3n) is 4.73. The van der Waals surface area contributed by atoms with Crippen LogP contribution in [0.3, 0.4) is 0 Å². The number of rotatable bonds is 6.